The summed E-state index contributed by atoms with van der Waals surface area (Å²) in [6.45, 7) is 5.05. The van der Waals surface area contributed by atoms with Crippen molar-refractivity contribution >= 4 is 5.69 Å². The van der Waals surface area contributed by atoms with Crippen molar-refractivity contribution in [3.63, 3.8) is 0 Å². The van der Waals surface area contributed by atoms with Gasteiger partial charge in [0, 0.05) is 18.9 Å². The third-order valence-electron chi connectivity index (χ3n) is 2.84. The van der Waals surface area contributed by atoms with Crippen molar-refractivity contribution in [2.24, 2.45) is 7.05 Å². The largest absolute Gasteiger partial charge is 0.379 e. The highest BCUT2D eigenvalue weighted by Gasteiger charge is 2.02. The molecule has 3 heteroatoms. The molecule has 3 nitrogen and oxygen atoms in total. The van der Waals surface area contributed by atoms with E-state index in [-0.39, 0.29) is 0 Å². The van der Waals surface area contributed by atoms with Crippen LogP contribution in [0.3, 0.4) is 0 Å². The predicted molar refractivity (Wildman–Crippen MR) is 66.5 cm³/mol. The molecule has 1 aromatic carbocycles. The first-order valence-electron chi connectivity index (χ1n) is 5.44. The van der Waals surface area contributed by atoms with E-state index in [1.54, 1.807) is 0 Å². The first-order valence-corrected chi connectivity index (χ1v) is 5.44. The van der Waals surface area contributed by atoms with E-state index in [9.17, 15) is 0 Å². The van der Waals surface area contributed by atoms with Gasteiger partial charge in [-0.3, -0.25) is 0 Å². The summed E-state index contributed by atoms with van der Waals surface area (Å²) in [5.41, 5.74) is 4.97. The van der Waals surface area contributed by atoms with E-state index >= 15 is 0 Å². The number of rotatable bonds is 3. The van der Waals surface area contributed by atoms with Crippen LogP contribution in [-0.2, 0) is 13.6 Å². The van der Waals surface area contributed by atoms with E-state index < -0.39 is 0 Å². The third-order valence-corrected chi connectivity index (χ3v) is 2.84. The number of aryl methyl sites for hydroxylation is 3. The summed E-state index contributed by atoms with van der Waals surface area (Å²) in [4.78, 5) is 4.10. The summed E-state index contributed by atoms with van der Waals surface area (Å²) in [7, 11) is 2.01. The highest BCUT2D eigenvalue weighted by Crippen LogP contribution is 2.19. The van der Waals surface area contributed by atoms with Gasteiger partial charge in [0.15, 0.2) is 0 Å². The zero-order chi connectivity index (χ0) is 11.5. The van der Waals surface area contributed by atoms with E-state index in [4.69, 9.17) is 0 Å². The first kappa shape index (κ1) is 10.7. The molecular formula is C13H17N3. The molecule has 2 rings (SSSR count). The summed E-state index contributed by atoms with van der Waals surface area (Å²) < 4.78 is 2.03. The summed E-state index contributed by atoms with van der Waals surface area (Å²) in [6, 6.07) is 6.33. The quantitative estimate of drug-likeness (QED) is 0.853. The van der Waals surface area contributed by atoms with Crippen LogP contribution in [0.4, 0.5) is 5.69 Å². The zero-order valence-corrected chi connectivity index (χ0v) is 9.99. The van der Waals surface area contributed by atoms with Gasteiger partial charge in [-0.1, -0.05) is 18.2 Å². The monoisotopic (exact) mass is 215 g/mol. The number of nitrogens with zero attached hydrogens (tertiary/aromatic N) is 2. The second-order valence-corrected chi connectivity index (χ2v) is 4.12. The fourth-order valence-corrected chi connectivity index (χ4v) is 1.83. The van der Waals surface area contributed by atoms with E-state index in [1.165, 1.54) is 22.5 Å². The Morgan fingerprint density at radius 3 is 2.50 bits per heavy atom. The van der Waals surface area contributed by atoms with Gasteiger partial charge >= 0.3 is 0 Å². The molecule has 0 atom stereocenters. The molecule has 0 saturated carbocycles. The molecule has 16 heavy (non-hydrogen) atoms. The Balaban J connectivity index is 2.14. The lowest BCUT2D eigenvalue weighted by molar-refractivity contribution is 0.836. The Morgan fingerprint density at radius 2 is 1.94 bits per heavy atom. The maximum absolute atomic E-state index is 4.10. The normalized spacial score (nSPS) is 10.4. The predicted octanol–water partition coefficient (Wildman–Crippen LogP) is 2.65. The molecule has 1 heterocycles. The van der Waals surface area contributed by atoms with Crippen LogP contribution in [0.5, 0.6) is 0 Å². The molecular weight excluding hydrogens is 198 g/mol. The minimum atomic E-state index is 0.808. The molecule has 0 aliphatic rings. The van der Waals surface area contributed by atoms with Gasteiger partial charge in [0.2, 0.25) is 0 Å². The molecule has 0 radical (unpaired) electrons. The van der Waals surface area contributed by atoms with Crippen LogP contribution in [0.15, 0.2) is 30.7 Å². The highest BCUT2D eigenvalue weighted by molar-refractivity contribution is 5.56. The molecule has 1 N–H and O–H groups in total. The van der Waals surface area contributed by atoms with Crippen molar-refractivity contribution in [1.82, 2.24) is 9.55 Å². The van der Waals surface area contributed by atoms with Gasteiger partial charge in [-0.05, 0) is 25.0 Å². The lowest BCUT2D eigenvalue weighted by atomic mass is 10.1. The molecule has 1 aromatic heterocycles. The highest BCUT2D eigenvalue weighted by atomic mass is 15.0. The standard InChI is InChI=1S/C13H17N3/c1-10-5-4-6-11(2)13(10)15-8-12-7-14-9-16(12)3/h4-7,9,15H,8H2,1-3H3. The smallest absolute Gasteiger partial charge is 0.0946 e. The maximum Gasteiger partial charge on any atom is 0.0946 e. The van der Waals surface area contributed by atoms with Gasteiger partial charge in [0.1, 0.15) is 0 Å². The van der Waals surface area contributed by atoms with Crippen molar-refractivity contribution in [2.45, 2.75) is 20.4 Å². The Morgan fingerprint density at radius 1 is 1.25 bits per heavy atom. The number of benzene rings is 1. The van der Waals surface area contributed by atoms with E-state index in [0.29, 0.717) is 0 Å². The summed E-state index contributed by atoms with van der Waals surface area (Å²) in [6.07, 6.45) is 3.71. The van der Waals surface area contributed by atoms with Crippen molar-refractivity contribution < 1.29 is 0 Å². The molecule has 0 spiro atoms. The Hall–Kier alpha value is -1.77. The summed E-state index contributed by atoms with van der Waals surface area (Å²) in [5.74, 6) is 0. The Kier molecular flexibility index (Phi) is 2.95. The van der Waals surface area contributed by atoms with Crippen LogP contribution in [0.25, 0.3) is 0 Å². The summed E-state index contributed by atoms with van der Waals surface area (Å²) >= 11 is 0. The molecule has 0 bridgehead atoms. The first-order chi connectivity index (χ1) is 7.68. The molecule has 84 valence electrons. The molecule has 0 aliphatic heterocycles. The van der Waals surface area contributed by atoms with Crippen molar-refractivity contribution in [3.05, 3.63) is 47.5 Å². The van der Waals surface area contributed by atoms with Gasteiger partial charge in [0.25, 0.3) is 0 Å². The van der Waals surface area contributed by atoms with E-state index in [2.05, 4.69) is 42.3 Å². The SMILES string of the molecule is Cc1cccc(C)c1NCc1cncn1C. The van der Waals surface area contributed by atoms with Crippen LogP contribution in [0.2, 0.25) is 0 Å². The maximum atomic E-state index is 4.10. The fraction of sp³-hybridized carbons (Fsp3) is 0.308. The lowest BCUT2D eigenvalue weighted by Gasteiger charge is -2.12. The van der Waals surface area contributed by atoms with Gasteiger partial charge in [0.05, 0.1) is 18.6 Å². The van der Waals surface area contributed by atoms with Crippen molar-refractivity contribution in [3.8, 4) is 0 Å². The molecule has 0 fully saturated rings. The third kappa shape index (κ3) is 2.08. The van der Waals surface area contributed by atoms with Crippen LogP contribution >= 0.6 is 0 Å². The van der Waals surface area contributed by atoms with Crippen LogP contribution in [0, 0.1) is 13.8 Å². The number of anilines is 1. The number of para-hydroxylation sites is 1. The van der Waals surface area contributed by atoms with Crippen LogP contribution < -0.4 is 5.32 Å². The average Bonchev–Trinajstić information content (AvgIpc) is 2.64. The van der Waals surface area contributed by atoms with Gasteiger partial charge in [-0.15, -0.1) is 0 Å². The van der Waals surface area contributed by atoms with Crippen LogP contribution in [-0.4, -0.2) is 9.55 Å². The molecule has 0 unspecified atom stereocenters. The average molecular weight is 215 g/mol. The lowest BCUT2D eigenvalue weighted by Crippen LogP contribution is -2.06. The van der Waals surface area contributed by atoms with E-state index in [1.807, 2.05) is 24.1 Å². The van der Waals surface area contributed by atoms with Gasteiger partial charge in [-0.2, -0.15) is 0 Å². The van der Waals surface area contributed by atoms with Crippen molar-refractivity contribution in [2.75, 3.05) is 5.32 Å². The van der Waals surface area contributed by atoms with Crippen molar-refractivity contribution in [1.29, 1.82) is 0 Å². The molecule has 2 aromatic rings. The fourth-order valence-electron chi connectivity index (χ4n) is 1.83. The van der Waals surface area contributed by atoms with Gasteiger partial charge < -0.3 is 9.88 Å². The number of hydrogen-bond acceptors (Lipinski definition) is 2. The summed E-state index contributed by atoms with van der Waals surface area (Å²) in [5, 5.41) is 3.46. The molecule has 0 saturated heterocycles. The molecule has 0 aliphatic carbocycles. The second kappa shape index (κ2) is 4.39. The zero-order valence-electron chi connectivity index (χ0n) is 9.99. The van der Waals surface area contributed by atoms with Crippen LogP contribution in [0.1, 0.15) is 16.8 Å². The van der Waals surface area contributed by atoms with E-state index in [0.717, 1.165) is 6.54 Å². The topological polar surface area (TPSA) is 29.9 Å². The number of imidazole rings is 1. The second-order valence-electron chi connectivity index (χ2n) is 4.12. The number of aromatic nitrogens is 2. The minimum Gasteiger partial charge on any atom is -0.379 e. The molecule has 0 amide bonds. The number of nitrogens with one attached hydrogen (secondary N) is 1. The Bertz CT molecular complexity index is 465. The van der Waals surface area contributed by atoms with Gasteiger partial charge in [-0.25, -0.2) is 4.98 Å². The minimum absolute atomic E-state index is 0.808. The Labute approximate surface area is 96.1 Å². The number of hydrogen-bond donors (Lipinski definition) is 1.